The number of ether oxygens (including phenoxy) is 1. The predicted octanol–water partition coefficient (Wildman–Crippen LogP) is 3.09. The lowest BCUT2D eigenvalue weighted by molar-refractivity contribution is 0.124. The van der Waals surface area contributed by atoms with Crippen LogP contribution in [0, 0.1) is 6.92 Å². The number of pyridine rings is 1. The van der Waals surface area contributed by atoms with Crippen LogP contribution in [0.5, 0.6) is 5.88 Å². The molecule has 0 radical (unpaired) electrons. The van der Waals surface area contributed by atoms with E-state index in [-0.39, 0.29) is 5.60 Å². The van der Waals surface area contributed by atoms with Gasteiger partial charge in [0, 0.05) is 11.9 Å². The molecular formula is C14H18N4OS. The third-order valence-corrected chi connectivity index (χ3v) is 3.05. The summed E-state index contributed by atoms with van der Waals surface area (Å²) in [5, 5.41) is 1.41. The van der Waals surface area contributed by atoms with Crippen LogP contribution in [-0.2, 0) is 0 Å². The molecule has 0 unspecified atom stereocenters. The van der Waals surface area contributed by atoms with Gasteiger partial charge in [0.15, 0.2) is 5.16 Å². The van der Waals surface area contributed by atoms with Crippen molar-refractivity contribution in [1.82, 2.24) is 15.0 Å². The number of aryl methyl sites for hydroxylation is 1. The molecule has 0 saturated heterocycles. The van der Waals surface area contributed by atoms with Crippen molar-refractivity contribution in [1.29, 1.82) is 0 Å². The molecule has 0 spiro atoms. The maximum atomic E-state index is 5.89. The second-order valence-corrected chi connectivity index (χ2v) is 6.33. The lowest BCUT2D eigenvalue weighted by Gasteiger charge is -2.21. The molecule has 2 aromatic rings. The van der Waals surface area contributed by atoms with Gasteiger partial charge in [-0.05, 0) is 57.7 Å². The van der Waals surface area contributed by atoms with Crippen molar-refractivity contribution < 1.29 is 4.74 Å². The third kappa shape index (κ3) is 4.09. The molecule has 0 amide bonds. The van der Waals surface area contributed by atoms with Crippen LogP contribution in [0.2, 0.25) is 0 Å². The number of hydrogen-bond acceptors (Lipinski definition) is 6. The smallest absolute Gasteiger partial charge is 0.238 e. The van der Waals surface area contributed by atoms with E-state index in [1.165, 1.54) is 11.8 Å². The van der Waals surface area contributed by atoms with Gasteiger partial charge in [-0.15, -0.1) is 0 Å². The standard InChI is InChI=1S/C14H18N4OS/c1-9-7-8-16-13(17-9)20-11-6-5-10(15)12(18-11)19-14(2,3)4/h5-8H,15H2,1-4H3. The molecule has 0 aliphatic heterocycles. The molecule has 20 heavy (non-hydrogen) atoms. The molecule has 2 N–H and O–H groups in total. The Morgan fingerprint density at radius 1 is 1.15 bits per heavy atom. The summed E-state index contributed by atoms with van der Waals surface area (Å²) >= 11 is 1.38. The first-order valence-electron chi connectivity index (χ1n) is 6.26. The molecule has 2 aromatic heterocycles. The van der Waals surface area contributed by atoms with Crippen molar-refractivity contribution in [2.24, 2.45) is 0 Å². The zero-order chi connectivity index (χ0) is 14.8. The highest BCUT2D eigenvalue weighted by Gasteiger charge is 2.16. The lowest BCUT2D eigenvalue weighted by atomic mass is 10.2. The minimum Gasteiger partial charge on any atom is -0.470 e. The van der Waals surface area contributed by atoms with Crippen molar-refractivity contribution in [3.63, 3.8) is 0 Å². The summed E-state index contributed by atoms with van der Waals surface area (Å²) in [6.45, 7) is 7.79. The van der Waals surface area contributed by atoms with Crippen molar-refractivity contribution in [3.8, 4) is 5.88 Å². The Morgan fingerprint density at radius 2 is 1.90 bits per heavy atom. The first kappa shape index (κ1) is 14.6. The number of hydrogen-bond donors (Lipinski definition) is 1. The summed E-state index contributed by atoms with van der Waals surface area (Å²) in [6.07, 6.45) is 1.73. The predicted molar refractivity (Wildman–Crippen MR) is 79.9 cm³/mol. The Labute approximate surface area is 123 Å². The fraction of sp³-hybridized carbons (Fsp3) is 0.357. The molecule has 0 aliphatic carbocycles. The fourth-order valence-electron chi connectivity index (χ4n) is 1.43. The SMILES string of the molecule is Cc1ccnc(Sc2ccc(N)c(OC(C)(C)C)n2)n1. The summed E-state index contributed by atoms with van der Waals surface area (Å²) < 4.78 is 5.74. The van der Waals surface area contributed by atoms with Crippen molar-refractivity contribution in [2.75, 3.05) is 5.73 Å². The third-order valence-electron chi connectivity index (χ3n) is 2.24. The van der Waals surface area contributed by atoms with Gasteiger partial charge >= 0.3 is 0 Å². The Balaban J connectivity index is 2.23. The van der Waals surface area contributed by atoms with Gasteiger partial charge in [0.05, 0.1) is 5.69 Å². The lowest BCUT2D eigenvalue weighted by Crippen LogP contribution is -2.24. The minimum atomic E-state index is -0.343. The molecule has 5 nitrogen and oxygen atoms in total. The number of nitrogens with zero attached hydrogens (tertiary/aromatic N) is 3. The summed E-state index contributed by atoms with van der Waals surface area (Å²) in [6, 6.07) is 5.47. The largest absolute Gasteiger partial charge is 0.470 e. The normalized spacial score (nSPS) is 11.4. The van der Waals surface area contributed by atoms with E-state index in [0.717, 1.165) is 10.7 Å². The quantitative estimate of drug-likeness (QED) is 0.876. The van der Waals surface area contributed by atoms with Crippen molar-refractivity contribution >= 4 is 17.4 Å². The van der Waals surface area contributed by atoms with Gasteiger partial charge in [-0.25, -0.2) is 15.0 Å². The highest BCUT2D eigenvalue weighted by molar-refractivity contribution is 7.99. The highest BCUT2D eigenvalue weighted by Crippen LogP contribution is 2.29. The van der Waals surface area contributed by atoms with Gasteiger partial charge < -0.3 is 10.5 Å². The second-order valence-electron chi connectivity index (χ2n) is 5.34. The Bertz CT molecular complexity index is 610. The zero-order valence-corrected chi connectivity index (χ0v) is 12.9. The van der Waals surface area contributed by atoms with E-state index < -0.39 is 0 Å². The van der Waals surface area contributed by atoms with E-state index in [1.807, 2.05) is 39.8 Å². The van der Waals surface area contributed by atoms with Gasteiger partial charge in [-0.1, -0.05) is 0 Å². The molecule has 0 atom stereocenters. The summed E-state index contributed by atoms with van der Waals surface area (Å²) in [5.41, 5.74) is 6.99. The molecular weight excluding hydrogens is 272 g/mol. The molecule has 2 rings (SSSR count). The molecule has 6 heteroatoms. The van der Waals surface area contributed by atoms with Gasteiger partial charge in [0.2, 0.25) is 5.88 Å². The van der Waals surface area contributed by atoms with Crippen LogP contribution in [0.25, 0.3) is 0 Å². The molecule has 2 heterocycles. The van der Waals surface area contributed by atoms with Gasteiger partial charge in [-0.3, -0.25) is 0 Å². The topological polar surface area (TPSA) is 73.9 Å². The first-order chi connectivity index (χ1) is 9.33. The van der Waals surface area contributed by atoms with E-state index in [9.17, 15) is 0 Å². The number of nitrogens with two attached hydrogens (primary N) is 1. The van der Waals surface area contributed by atoms with E-state index in [4.69, 9.17) is 10.5 Å². The number of anilines is 1. The molecule has 106 valence electrons. The summed E-state index contributed by atoms with van der Waals surface area (Å²) in [4.78, 5) is 13.0. The minimum absolute atomic E-state index is 0.343. The molecule has 0 aliphatic rings. The highest BCUT2D eigenvalue weighted by atomic mass is 32.2. The molecule has 0 aromatic carbocycles. The van der Waals surface area contributed by atoms with E-state index >= 15 is 0 Å². The molecule has 0 fully saturated rings. The van der Waals surface area contributed by atoms with Crippen LogP contribution in [-0.4, -0.2) is 20.6 Å². The monoisotopic (exact) mass is 290 g/mol. The zero-order valence-electron chi connectivity index (χ0n) is 12.0. The number of nitrogen functional groups attached to an aromatic ring is 1. The molecule has 0 saturated carbocycles. The average molecular weight is 290 g/mol. The van der Waals surface area contributed by atoms with Crippen LogP contribution < -0.4 is 10.5 Å². The van der Waals surface area contributed by atoms with Crippen molar-refractivity contribution in [2.45, 2.75) is 43.5 Å². The Kier molecular flexibility index (Phi) is 4.13. The van der Waals surface area contributed by atoms with Gasteiger partial charge in [0.25, 0.3) is 0 Å². The maximum Gasteiger partial charge on any atom is 0.238 e. The van der Waals surface area contributed by atoms with Gasteiger partial charge in [-0.2, -0.15) is 0 Å². The van der Waals surface area contributed by atoms with Crippen LogP contribution in [0.4, 0.5) is 5.69 Å². The van der Waals surface area contributed by atoms with Crippen LogP contribution in [0.3, 0.4) is 0 Å². The summed E-state index contributed by atoms with van der Waals surface area (Å²) in [5.74, 6) is 0.440. The first-order valence-corrected chi connectivity index (χ1v) is 7.08. The average Bonchev–Trinajstić information content (AvgIpc) is 2.32. The Hall–Kier alpha value is -1.82. The van der Waals surface area contributed by atoms with Gasteiger partial charge in [0.1, 0.15) is 10.6 Å². The number of rotatable bonds is 3. The summed E-state index contributed by atoms with van der Waals surface area (Å²) in [7, 11) is 0. The van der Waals surface area contributed by atoms with Crippen LogP contribution in [0.15, 0.2) is 34.6 Å². The number of aromatic nitrogens is 3. The van der Waals surface area contributed by atoms with Crippen LogP contribution in [0.1, 0.15) is 26.5 Å². The maximum absolute atomic E-state index is 5.89. The van der Waals surface area contributed by atoms with E-state index in [2.05, 4.69) is 15.0 Å². The fourth-order valence-corrected chi connectivity index (χ4v) is 2.19. The molecule has 0 bridgehead atoms. The second kappa shape index (κ2) is 5.66. The van der Waals surface area contributed by atoms with Crippen LogP contribution >= 0.6 is 11.8 Å². The van der Waals surface area contributed by atoms with E-state index in [1.54, 1.807) is 12.3 Å². The Morgan fingerprint density at radius 3 is 2.55 bits per heavy atom. The van der Waals surface area contributed by atoms with Crippen molar-refractivity contribution in [3.05, 3.63) is 30.1 Å². The van der Waals surface area contributed by atoms with E-state index in [0.29, 0.717) is 16.7 Å².